The van der Waals surface area contributed by atoms with Crippen LogP contribution in [0.3, 0.4) is 0 Å². The Morgan fingerprint density at radius 3 is 2.09 bits per heavy atom. The van der Waals surface area contributed by atoms with Gasteiger partial charge in [-0.25, -0.2) is 4.79 Å². The normalized spacial score (nSPS) is 11.0. The van der Waals surface area contributed by atoms with Crippen LogP contribution in [0.2, 0.25) is 5.02 Å². The Labute approximate surface area is 179 Å². The Morgan fingerprint density at radius 2 is 1.62 bits per heavy atom. The molecule has 16 heteroatoms. The van der Waals surface area contributed by atoms with Gasteiger partial charge in [0.25, 0.3) is 11.4 Å². The number of alkyl halides is 3. The number of carbonyl (C=O) groups is 1. The molecule has 2 rings (SSSR count). The van der Waals surface area contributed by atoms with Gasteiger partial charge in [-0.2, -0.15) is 13.2 Å². The van der Waals surface area contributed by atoms with Crippen LogP contribution in [0.25, 0.3) is 0 Å². The van der Waals surface area contributed by atoms with E-state index in [-0.39, 0.29) is 12.7 Å². The summed E-state index contributed by atoms with van der Waals surface area (Å²) >= 11 is 5.50. The van der Waals surface area contributed by atoms with E-state index in [0.29, 0.717) is 6.07 Å². The second kappa shape index (κ2) is 9.01. The average Bonchev–Trinajstić information content (AvgIpc) is 2.66. The van der Waals surface area contributed by atoms with Gasteiger partial charge in [-0.1, -0.05) is 11.6 Å². The standard InChI is InChI=1S/C16H9ClF3N3O9/c1-2-31-15(24)8-5-7(3-4-10(8)21(25)26)32-14-11(22(27)28)6-9(16(18,19)20)12(17)13(14)23(29)30/h3-6H,2H2,1H3. The summed E-state index contributed by atoms with van der Waals surface area (Å²) in [6.45, 7) is 1.23. The number of hydrogen-bond acceptors (Lipinski definition) is 9. The Kier molecular flexibility index (Phi) is 6.83. The highest BCUT2D eigenvalue weighted by Crippen LogP contribution is 2.50. The summed E-state index contributed by atoms with van der Waals surface area (Å²) in [7, 11) is 0. The zero-order valence-corrected chi connectivity index (χ0v) is 16.3. The molecule has 0 atom stereocenters. The minimum atomic E-state index is -5.27. The highest BCUT2D eigenvalue weighted by molar-refractivity contribution is 6.34. The molecule has 0 aliphatic heterocycles. The number of carbonyl (C=O) groups excluding carboxylic acids is 1. The monoisotopic (exact) mass is 479 g/mol. The molecule has 2 aromatic rings. The fourth-order valence-electron chi connectivity index (χ4n) is 2.45. The van der Waals surface area contributed by atoms with Crippen molar-refractivity contribution in [3.8, 4) is 11.5 Å². The van der Waals surface area contributed by atoms with Crippen LogP contribution in [0.5, 0.6) is 11.5 Å². The van der Waals surface area contributed by atoms with Crippen molar-refractivity contribution in [2.75, 3.05) is 6.61 Å². The molecule has 0 aromatic heterocycles. The van der Waals surface area contributed by atoms with E-state index in [1.165, 1.54) is 6.92 Å². The molecule has 32 heavy (non-hydrogen) atoms. The molecule has 170 valence electrons. The number of nitro groups is 3. The van der Waals surface area contributed by atoms with Crippen LogP contribution in [0.1, 0.15) is 22.8 Å². The van der Waals surface area contributed by atoms with Gasteiger partial charge in [-0.3, -0.25) is 30.3 Å². The molecule has 0 spiro atoms. The summed E-state index contributed by atoms with van der Waals surface area (Å²) in [6, 6.07) is 2.20. The smallest absolute Gasteiger partial charge is 0.418 e. The average molecular weight is 480 g/mol. The van der Waals surface area contributed by atoms with Gasteiger partial charge >= 0.3 is 23.5 Å². The van der Waals surface area contributed by atoms with Gasteiger partial charge in [0, 0.05) is 18.2 Å². The van der Waals surface area contributed by atoms with E-state index in [9.17, 15) is 48.3 Å². The van der Waals surface area contributed by atoms with Crippen LogP contribution in [0.4, 0.5) is 30.2 Å². The molecule has 0 bridgehead atoms. The molecule has 0 aliphatic rings. The lowest BCUT2D eigenvalue weighted by molar-refractivity contribution is -0.395. The first kappa shape index (κ1) is 24.3. The first-order valence-corrected chi connectivity index (χ1v) is 8.53. The predicted molar refractivity (Wildman–Crippen MR) is 98.9 cm³/mol. The number of hydrogen-bond donors (Lipinski definition) is 0. The molecule has 0 saturated carbocycles. The third-order valence-electron chi connectivity index (χ3n) is 3.74. The third-order valence-corrected chi connectivity index (χ3v) is 4.12. The lowest BCUT2D eigenvalue weighted by Gasteiger charge is -2.13. The first-order valence-electron chi connectivity index (χ1n) is 8.15. The lowest BCUT2D eigenvalue weighted by atomic mass is 10.1. The van der Waals surface area contributed by atoms with Crippen molar-refractivity contribution in [1.82, 2.24) is 0 Å². The van der Waals surface area contributed by atoms with E-state index in [1.54, 1.807) is 0 Å². The molecular formula is C16H9ClF3N3O9. The maximum absolute atomic E-state index is 13.1. The predicted octanol–water partition coefficient (Wildman–Crippen LogP) is 5.05. The van der Waals surface area contributed by atoms with Gasteiger partial charge in [0.05, 0.1) is 26.9 Å². The highest BCUT2D eigenvalue weighted by atomic mass is 35.5. The number of esters is 1. The molecule has 0 unspecified atom stereocenters. The van der Waals surface area contributed by atoms with Gasteiger partial charge in [0.2, 0.25) is 0 Å². The topological polar surface area (TPSA) is 165 Å². The summed E-state index contributed by atoms with van der Waals surface area (Å²) < 4.78 is 49.1. The van der Waals surface area contributed by atoms with Crippen molar-refractivity contribution < 1.29 is 42.2 Å². The molecule has 2 aromatic carbocycles. The van der Waals surface area contributed by atoms with Gasteiger partial charge < -0.3 is 9.47 Å². The van der Waals surface area contributed by atoms with Gasteiger partial charge in [-0.15, -0.1) is 0 Å². The van der Waals surface area contributed by atoms with E-state index in [4.69, 9.17) is 16.3 Å². The molecule has 0 fully saturated rings. The van der Waals surface area contributed by atoms with Crippen molar-refractivity contribution in [2.24, 2.45) is 0 Å². The third kappa shape index (κ3) is 4.83. The highest BCUT2D eigenvalue weighted by Gasteiger charge is 2.43. The molecule has 12 nitrogen and oxygen atoms in total. The summed E-state index contributed by atoms with van der Waals surface area (Å²) in [6.07, 6.45) is -5.27. The van der Waals surface area contributed by atoms with Crippen molar-refractivity contribution >= 4 is 34.6 Å². The Balaban J connectivity index is 2.76. The molecule has 0 saturated heterocycles. The lowest BCUT2D eigenvalue weighted by Crippen LogP contribution is -2.10. The molecule has 0 radical (unpaired) electrons. The van der Waals surface area contributed by atoms with E-state index < -0.39 is 71.6 Å². The molecule has 0 heterocycles. The number of benzene rings is 2. The Bertz CT molecular complexity index is 1140. The van der Waals surface area contributed by atoms with Gasteiger partial charge in [0.15, 0.2) is 0 Å². The SMILES string of the molecule is CCOC(=O)c1cc(Oc2c([N+](=O)[O-])cc(C(F)(F)F)c(Cl)c2[N+](=O)[O-])ccc1[N+](=O)[O-]. The second-order valence-electron chi connectivity index (χ2n) is 5.71. The maximum atomic E-state index is 13.1. The number of rotatable bonds is 7. The van der Waals surface area contributed by atoms with Gasteiger partial charge in [0.1, 0.15) is 16.3 Å². The van der Waals surface area contributed by atoms with Crippen LogP contribution >= 0.6 is 11.6 Å². The van der Waals surface area contributed by atoms with Crippen LogP contribution in [0.15, 0.2) is 24.3 Å². The summed E-state index contributed by atoms with van der Waals surface area (Å²) in [5.74, 6) is -3.04. The molecular weight excluding hydrogens is 471 g/mol. The van der Waals surface area contributed by atoms with E-state index in [0.717, 1.165) is 12.1 Å². The van der Waals surface area contributed by atoms with Crippen molar-refractivity contribution in [2.45, 2.75) is 13.1 Å². The minimum absolute atomic E-state index is 0.0533. The summed E-state index contributed by atoms with van der Waals surface area (Å²) in [5, 5.41) is 32.3. The van der Waals surface area contributed by atoms with Crippen LogP contribution in [-0.2, 0) is 10.9 Å². The maximum Gasteiger partial charge on any atom is 0.418 e. The first-order chi connectivity index (χ1) is 14.8. The minimum Gasteiger partial charge on any atom is -0.462 e. The van der Waals surface area contributed by atoms with Crippen molar-refractivity contribution in [1.29, 1.82) is 0 Å². The second-order valence-corrected chi connectivity index (χ2v) is 6.08. The summed E-state index contributed by atoms with van der Waals surface area (Å²) in [5.41, 5.74) is -6.28. The van der Waals surface area contributed by atoms with Crippen LogP contribution in [0, 0.1) is 30.3 Å². The number of halogens is 4. The molecule has 0 aliphatic carbocycles. The van der Waals surface area contributed by atoms with E-state index in [1.807, 2.05) is 0 Å². The fourth-order valence-corrected chi connectivity index (χ4v) is 2.76. The van der Waals surface area contributed by atoms with Gasteiger partial charge in [-0.05, 0) is 13.0 Å². The summed E-state index contributed by atoms with van der Waals surface area (Å²) in [4.78, 5) is 42.1. The van der Waals surface area contributed by atoms with Crippen LogP contribution < -0.4 is 4.74 Å². The zero-order chi connectivity index (χ0) is 24.4. The largest absolute Gasteiger partial charge is 0.462 e. The Morgan fingerprint density at radius 1 is 1.03 bits per heavy atom. The zero-order valence-electron chi connectivity index (χ0n) is 15.5. The van der Waals surface area contributed by atoms with Crippen molar-refractivity contribution in [3.05, 3.63) is 70.8 Å². The van der Waals surface area contributed by atoms with E-state index >= 15 is 0 Å². The number of nitro benzene ring substituents is 3. The molecule has 0 N–H and O–H groups in total. The van der Waals surface area contributed by atoms with Crippen molar-refractivity contribution in [3.63, 3.8) is 0 Å². The Hall–Kier alpha value is -4.01. The quantitative estimate of drug-likeness (QED) is 0.300. The van der Waals surface area contributed by atoms with E-state index in [2.05, 4.69) is 4.74 Å². The number of nitrogens with zero attached hydrogens (tertiary/aromatic N) is 3. The van der Waals surface area contributed by atoms with Crippen LogP contribution in [-0.4, -0.2) is 27.3 Å². The fraction of sp³-hybridized carbons (Fsp3) is 0.188. The molecule has 0 amide bonds. The number of ether oxygens (including phenoxy) is 2.